The number of aromatic nitrogens is 2. The number of amides is 1. The van der Waals surface area contributed by atoms with E-state index in [0.29, 0.717) is 35.0 Å². The first-order valence-corrected chi connectivity index (χ1v) is 11.4. The van der Waals surface area contributed by atoms with Gasteiger partial charge in [0.15, 0.2) is 0 Å². The molecule has 0 unspecified atom stereocenters. The maximum absolute atomic E-state index is 12.2. The number of benzene rings is 2. The van der Waals surface area contributed by atoms with Gasteiger partial charge in [0.2, 0.25) is 5.89 Å². The van der Waals surface area contributed by atoms with E-state index in [9.17, 15) is 4.79 Å². The van der Waals surface area contributed by atoms with E-state index in [1.807, 2.05) is 48.5 Å². The molecule has 0 atom stereocenters. The monoisotopic (exact) mass is 450 g/mol. The third kappa shape index (κ3) is 4.92. The zero-order chi connectivity index (χ0) is 22.1. The van der Waals surface area contributed by atoms with Crippen LogP contribution in [0, 0.1) is 4.84 Å². The van der Waals surface area contributed by atoms with Crippen molar-refractivity contribution in [3.05, 3.63) is 64.5 Å². The van der Waals surface area contributed by atoms with E-state index in [1.165, 1.54) is 12.8 Å². The molecule has 7 nitrogen and oxygen atoms in total. The van der Waals surface area contributed by atoms with Crippen LogP contribution in [-0.2, 0) is 13.2 Å². The van der Waals surface area contributed by atoms with Crippen molar-refractivity contribution in [1.29, 1.82) is 0 Å². The van der Waals surface area contributed by atoms with Crippen molar-refractivity contribution in [2.45, 2.75) is 51.0 Å². The topological polar surface area (TPSA) is 72.5 Å². The largest absolute Gasteiger partial charge is 0.497 e. The molecule has 0 saturated heterocycles. The number of nitrogens with zero attached hydrogens (tertiary/aromatic N) is 3. The van der Waals surface area contributed by atoms with Gasteiger partial charge >= 0.3 is 0 Å². The van der Waals surface area contributed by atoms with Crippen molar-refractivity contribution in [3.63, 3.8) is 0 Å². The van der Waals surface area contributed by atoms with Crippen molar-refractivity contribution in [2.24, 2.45) is 0 Å². The number of hydrogen-bond acceptors (Lipinski definition) is 6. The predicted molar refractivity (Wildman–Crippen MR) is 123 cm³/mol. The van der Waals surface area contributed by atoms with Crippen LogP contribution in [0.15, 0.2) is 52.9 Å². The minimum Gasteiger partial charge on any atom is -0.497 e. The van der Waals surface area contributed by atoms with Crippen LogP contribution in [0.1, 0.15) is 41.6 Å². The molecular weight excluding hydrogens is 424 g/mol. The summed E-state index contributed by atoms with van der Waals surface area (Å²) in [7, 11) is 1.64. The summed E-state index contributed by atoms with van der Waals surface area (Å²) in [5.41, 5.74) is 2.72. The lowest BCUT2D eigenvalue weighted by atomic mass is 10.1. The summed E-state index contributed by atoms with van der Waals surface area (Å²) < 4.78 is 12.7. The lowest BCUT2D eigenvalue weighted by Crippen LogP contribution is -2.29. The Hall–Kier alpha value is -2.97. The molecule has 2 fully saturated rings. The molecule has 1 N–H and O–H groups in total. The second-order valence-corrected chi connectivity index (χ2v) is 8.81. The maximum Gasteiger partial charge on any atom is 0.288 e. The summed E-state index contributed by atoms with van der Waals surface area (Å²) in [5.74, 6) is 1.29. The fraction of sp³-hybridized carbons (Fsp3) is 0.375. The van der Waals surface area contributed by atoms with Crippen LogP contribution in [-0.4, -0.2) is 39.8 Å². The molecular formula is C24H26N4O3S. The van der Waals surface area contributed by atoms with Crippen LogP contribution < -0.4 is 10.1 Å². The summed E-state index contributed by atoms with van der Waals surface area (Å²) in [5, 5.41) is 7.64. The molecule has 0 bridgehead atoms. The fourth-order valence-corrected chi connectivity index (χ4v) is 3.82. The van der Waals surface area contributed by atoms with E-state index in [0.717, 1.165) is 36.3 Å². The Balaban J connectivity index is 1.27. The summed E-state index contributed by atoms with van der Waals surface area (Å²) in [6, 6.07) is 16.3. The highest BCUT2D eigenvalue weighted by atomic mass is 32.1. The van der Waals surface area contributed by atoms with Gasteiger partial charge in [-0.1, -0.05) is 12.1 Å². The Morgan fingerprint density at radius 3 is 2.50 bits per heavy atom. The molecule has 3 aromatic rings. The fourth-order valence-electron chi connectivity index (χ4n) is 3.64. The number of methoxy groups -OCH3 is 1. The van der Waals surface area contributed by atoms with Crippen molar-refractivity contribution in [3.8, 4) is 17.2 Å². The number of hydrogen-bond donors (Lipinski definition) is 1. The van der Waals surface area contributed by atoms with Crippen molar-refractivity contribution in [2.75, 3.05) is 7.11 Å². The molecule has 0 spiro atoms. The highest BCUT2D eigenvalue weighted by molar-refractivity contribution is 7.71. The molecule has 166 valence electrons. The molecule has 2 saturated carbocycles. The highest BCUT2D eigenvalue weighted by Crippen LogP contribution is 2.29. The standard InChI is InChI=1S/C24H26N4O3S/c1-30-21-12-6-18(7-13-21)23-26-28(24(32)31-23)15-27(20-10-11-20)14-16-2-4-17(5-3-16)22(29)25-19-8-9-19/h2-7,12-13,19-20H,8-11,14-15H2,1H3,(H,25,29). The normalized spacial score (nSPS) is 15.7. The Morgan fingerprint density at radius 1 is 1.16 bits per heavy atom. The van der Waals surface area contributed by atoms with Gasteiger partial charge < -0.3 is 14.5 Å². The number of carbonyl (C=O) groups excluding carboxylic acids is 1. The van der Waals surface area contributed by atoms with Crippen LogP contribution in [0.4, 0.5) is 0 Å². The summed E-state index contributed by atoms with van der Waals surface area (Å²) in [6.45, 7) is 1.33. The molecule has 0 aliphatic heterocycles. The van der Waals surface area contributed by atoms with Gasteiger partial charge in [-0.3, -0.25) is 9.69 Å². The minimum atomic E-state index is 0.0121. The molecule has 8 heteroatoms. The van der Waals surface area contributed by atoms with E-state index >= 15 is 0 Å². The van der Waals surface area contributed by atoms with Gasteiger partial charge in [-0.25, -0.2) is 4.68 Å². The van der Waals surface area contributed by atoms with E-state index in [1.54, 1.807) is 11.8 Å². The van der Waals surface area contributed by atoms with Crippen LogP contribution >= 0.6 is 12.2 Å². The molecule has 2 aliphatic carbocycles. The molecule has 1 aromatic heterocycles. The van der Waals surface area contributed by atoms with Crippen LogP contribution in [0.3, 0.4) is 0 Å². The summed E-state index contributed by atoms with van der Waals surface area (Å²) in [6.07, 6.45) is 4.51. The van der Waals surface area contributed by atoms with Crippen molar-refractivity contribution < 1.29 is 13.9 Å². The van der Waals surface area contributed by atoms with Gasteiger partial charge in [-0.15, -0.1) is 5.10 Å². The van der Waals surface area contributed by atoms with Gasteiger partial charge in [0.25, 0.3) is 10.7 Å². The lowest BCUT2D eigenvalue weighted by Gasteiger charge is -2.21. The van der Waals surface area contributed by atoms with Gasteiger partial charge in [-0.05, 0) is 79.9 Å². The second kappa shape index (κ2) is 8.88. The maximum atomic E-state index is 12.2. The van der Waals surface area contributed by atoms with Crippen LogP contribution in [0.25, 0.3) is 11.5 Å². The average Bonchev–Trinajstić information content (AvgIpc) is 3.74. The molecule has 1 amide bonds. The minimum absolute atomic E-state index is 0.0121. The molecule has 1 heterocycles. The number of carbonyl (C=O) groups is 1. The third-order valence-corrected chi connectivity index (χ3v) is 6.13. The van der Waals surface area contributed by atoms with E-state index < -0.39 is 0 Å². The van der Waals surface area contributed by atoms with Crippen molar-refractivity contribution in [1.82, 2.24) is 20.0 Å². The molecule has 0 radical (unpaired) electrons. The first-order chi connectivity index (χ1) is 15.6. The zero-order valence-corrected chi connectivity index (χ0v) is 18.8. The highest BCUT2D eigenvalue weighted by Gasteiger charge is 2.30. The van der Waals surface area contributed by atoms with Gasteiger partial charge in [-0.2, -0.15) is 0 Å². The SMILES string of the molecule is COc1ccc(-c2nn(CN(Cc3ccc(C(=O)NC4CC4)cc3)C3CC3)c(=S)o2)cc1. The number of ether oxygens (including phenoxy) is 1. The molecule has 2 aliphatic rings. The number of nitrogens with one attached hydrogen (secondary N) is 1. The summed E-state index contributed by atoms with van der Waals surface area (Å²) in [4.78, 5) is 14.9. The van der Waals surface area contributed by atoms with Crippen LogP contribution in [0.2, 0.25) is 0 Å². The predicted octanol–water partition coefficient (Wildman–Crippen LogP) is 4.40. The van der Waals surface area contributed by atoms with Gasteiger partial charge in [0.1, 0.15) is 5.75 Å². The molecule has 5 rings (SSSR count). The second-order valence-electron chi connectivity index (χ2n) is 8.47. The smallest absolute Gasteiger partial charge is 0.288 e. The van der Waals surface area contributed by atoms with Gasteiger partial charge in [0.05, 0.1) is 13.8 Å². The van der Waals surface area contributed by atoms with Crippen LogP contribution in [0.5, 0.6) is 5.75 Å². The Kier molecular flexibility index (Phi) is 5.80. The zero-order valence-electron chi connectivity index (χ0n) is 18.0. The van der Waals surface area contributed by atoms with E-state index in [2.05, 4.69) is 15.3 Å². The Morgan fingerprint density at radius 2 is 1.88 bits per heavy atom. The lowest BCUT2D eigenvalue weighted by molar-refractivity contribution is 0.0951. The Labute approximate surface area is 192 Å². The third-order valence-electron chi connectivity index (χ3n) is 5.84. The first-order valence-electron chi connectivity index (χ1n) is 11.0. The average molecular weight is 451 g/mol. The van der Waals surface area contributed by atoms with Gasteiger partial charge in [0, 0.05) is 29.8 Å². The van der Waals surface area contributed by atoms with Crippen molar-refractivity contribution >= 4 is 18.1 Å². The Bertz CT molecular complexity index is 1150. The van der Waals surface area contributed by atoms with E-state index in [-0.39, 0.29) is 5.91 Å². The van der Waals surface area contributed by atoms with E-state index in [4.69, 9.17) is 21.4 Å². The first kappa shape index (κ1) is 20.9. The quantitative estimate of drug-likeness (QED) is 0.488. The molecule has 2 aromatic carbocycles. The molecule has 32 heavy (non-hydrogen) atoms. The number of rotatable bonds is 9. The summed E-state index contributed by atoms with van der Waals surface area (Å²) >= 11 is 5.43.